The van der Waals surface area contributed by atoms with Crippen LogP contribution in [0.3, 0.4) is 0 Å². The monoisotopic (exact) mass is 348 g/mol. The van der Waals surface area contributed by atoms with Gasteiger partial charge in [-0.05, 0) is 18.8 Å². The first-order valence-corrected chi connectivity index (χ1v) is 8.89. The molecule has 1 aromatic heterocycles. The predicted molar refractivity (Wildman–Crippen MR) is 89.0 cm³/mol. The minimum Gasteiger partial charge on any atom is -0.481 e. The molecule has 0 aliphatic carbocycles. The average Bonchev–Trinajstić information content (AvgIpc) is 3.12. The Labute approximate surface area is 147 Å². The van der Waals surface area contributed by atoms with Crippen molar-refractivity contribution in [2.45, 2.75) is 12.8 Å². The van der Waals surface area contributed by atoms with Gasteiger partial charge in [0.05, 0.1) is 32.8 Å². The Kier molecular flexibility index (Phi) is 4.72. The molecule has 3 fully saturated rings. The van der Waals surface area contributed by atoms with E-state index in [1.54, 1.807) is 12.2 Å². The second kappa shape index (κ2) is 7.13. The summed E-state index contributed by atoms with van der Waals surface area (Å²) in [6, 6.07) is 1.84. The number of methoxy groups -OCH3 is 1. The van der Waals surface area contributed by atoms with Crippen LogP contribution >= 0.6 is 0 Å². The highest BCUT2D eigenvalue weighted by molar-refractivity contribution is 5.78. The number of amides is 1. The second-order valence-electron chi connectivity index (χ2n) is 6.87. The van der Waals surface area contributed by atoms with Gasteiger partial charge in [0.25, 0.3) is 5.91 Å². The second-order valence-corrected chi connectivity index (χ2v) is 6.87. The number of nitrogens with zero attached hydrogens (tertiary/aromatic N) is 4. The Balaban J connectivity index is 1.48. The Bertz CT molecular complexity index is 622. The molecule has 4 heterocycles. The number of fused-ring (bicyclic) bond motifs is 1. The van der Waals surface area contributed by atoms with Crippen LogP contribution in [0, 0.1) is 17.8 Å². The molecule has 3 atom stereocenters. The summed E-state index contributed by atoms with van der Waals surface area (Å²) in [5, 5.41) is 1.55. The fourth-order valence-electron chi connectivity index (χ4n) is 4.01. The molecule has 4 rings (SSSR count). The van der Waals surface area contributed by atoms with Crippen molar-refractivity contribution in [1.82, 2.24) is 15.0 Å². The standard InChI is InChI=1S/C17H24N4O4/c1-23-16-6-15(18-11-19-16)20-7-12-9-24-10-14(13(12)8-20)17(22)21-4-2-3-5-25-21/h6,11-14H,2-5,7-10H2,1H3/t12-,13-,14-/m1/s1. The Hall–Kier alpha value is -1.93. The molecule has 136 valence electrons. The molecular weight excluding hydrogens is 324 g/mol. The molecule has 0 spiro atoms. The lowest BCUT2D eigenvalue weighted by molar-refractivity contribution is -0.207. The van der Waals surface area contributed by atoms with E-state index in [0.717, 1.165) is 31.7 Å². The normalized spacial score (nSPS) is 29.4. The molecule has 0 unspecified atom stereocenters. The van der Waals surface area contributed by atoms with Crippen molar-refractivity contribution in [2.24, 2.45) is 17.8 Å². The van der Waals surface area contributed by atoms with Gasteiger partial charge >= 0.3 is 0 Å². The first-order valence-electron chi connectivity index (χ1n) is 8.89. The zero-order valence-electron chi connectivity index (χ0n) is 14.5. The van der Waals surface area contributed by atoms with Gasteiger partial charge in [0.2, 0.25) is 5.88 Å². The smallest absolute Gasteiger partial charge is 0.251 e. The van der Waals surface area contributed by atoms with E-state index in [0.29, 0.717) is 38.2 Å². The van der Waals surface area contributed by atoms with Gasteiger partial charge in [-0.1, -0.05) is 0 Å². The molecular formula is C17H24N4O4. The zero-order chi connectivity index (χ0) is 17.2. The van der Waals surface area contributed by atoms with Crippen molar-refractivity contribution in [3.05, 3.63) is 12.4 Å². The molecule has 8 nitrogen and oxygen atoms in total. The average molecular weight is 348 g/mol. The van der Waals surface area contributed by atoms with Crippen molar-refractivity contribution in [3.8, 4) is 5.88 Å². The third-order valence-electron chi connectivity index (χ3n) is 5.36. The fraction of sp³-hybridized carbons (Fsp3) is 0.706. The third-order valence-corrected chi connectivity index (χ3v) is 5.36. The Morgan fingerprint density at radius 2 is 2.20 bits per heavy atom. The van der Waals surface area contributed by atoms with Crippen LogP contribution < -0.4 is 9.64 Å². The lowest BCUT2D eigenvalue weighted by Crippen LogP contribution is -2.47. The van der Waals surface area contributed by atoms with Gasteiger partial charge in [-0.3, -0.25) is 9.63 Å². The molecule has 1 aromatic rings. The summed E-state index contributed by atoms with van der Waals surface area (Å²) in [5.41, 5.74) is 0. The van der Waals surface area contributed by atoms with E-state index in [1.165, 1.54) is 6.33 Å². The van der Waals surface area contributed by atoms with E-state index >= 15 is 0 Å². The maximum atomic E-state index is 12.9. The van der Waals surface area contributed by atoms with Gasteiger partial charge < -0.3 is 14.4 Å². The molecule has 0 saturated carbocycles. The summed E-state index contributed by atoms with van der Waals surface area (Å²) < 4.78 is 10.9. The molecule has 1 amide bonds. The summed E-state index contributed by atoms with van der Waals surface area (Å²) in [4.78, 5) is 29.1. The molecule has 3 saturated heterocycles. The van der Waals surface area contributed by atoms with Crippen LogP contribution in [-0.2, 0) is 14.4 Å². The molecule has 0 bridgehead atoms. The maximum Gasteiger partial charge on any atom is 0.251 e. The van der Waals surface area contributed by atoms with E-state index in [9.17, 15) is 4.79 Å². The molecule has 25 heavy (non-hydrogen) atoms. The summed E-state index contributed by atoms with van der Waals surface area (Å²) in [6.45, 7) is 4.09. The van der Waals surface area contributed by atoms with Gasteiger partial charge in [0.15, 0.2) is 0 Å². The van der Waals surface area contributed by atoms with Crippen LogP contribution in [0.1, 0.15) is 12.8 Å². The molecule has 0 radical (unpaired) electrons. The van der Waals surface area contributed by atoms with Gasteiger partial charge in [-0.25, -0.2) is 15.0 Å². The van der Waals surface area contributed by atoms with Crippen LogP contribution in [-0.4, -0.2) is 67.5 Å². The van der Waals surface area contributed by atoms with E-state index < -0.39 is 0 Å². The van der Waals surface area contributed by atoms with Crippen LogP contribution in [0.2, 0.25) is 0 Å². The third kappa shape index (κ3) is 3.28. The van der Waals surface area contributed by atoms with Crippen molar-refractivity contribution < 1.29 is 19.1 Å². The highest BCUT2D eigenvalue weighted by Crippen LogP contribution is 2.37. The predicted octanol–water partition coefficient (Wildman–Crippen LogP) is 0.738. The fourth-order valence-corrected chi connectivity index (χ4v) is 4.01. The number of rotatable bonds is 3. The number of hydroxylamine groups is 2. The number of aromatic nitrogens is 2. The minimum atomic E-state index is -0.148. The molecule has 8 heteroatoms. The summed E-state index contributed by atoms with van der Waals surface area (Å²) in [7, 11) is 1.59. The number of carbonyl (C=O) groups excluding carboxylic acids is 1. The van der Waals surface area contributed by atoms with Gasteiger partial charge in [0.1, 0.15) is 12.1 Å². The molecule has 3 aliphatic rings. The first kappa shape index (κ1) is 16.5. The lowest BCUT2D eigenvalue weighted by Gasteiger charge is -2.36. The number of anilines is 1. The lowest BCUT2D eigenvalue weighted by atomic mass is 9.82. The van der Waals surface area contributed by atoms with Gasteiger partial charge in [-0.15, -0.1) is 0 Å². The largest absolute Gasteiger partial charge is 0.481 e. The molecule has 0 N–H and O–H groups in total. The SMILES string of the molecule is COc1cc(N2C[C@@H]3COC[C@@H](C(=O)N4CCCCO4)[C@@H]3C2)ncn1. The zero-order valence-corrected chi connectivity index (χ0v) is 14.5. The van der Waals surface area contributed by atoms with Crippen molar-refractivity contribution in [1.29, 1.82) is 0 Å². The minimum absolute atomic E-state index is 0.0662. The highest BCUT2D eigenvalue weighted by Gasteiger charge is 2.46. The quantitative estimate of drug-likeness (QED) is 0.797. The first-order chi connectivity index (χ1) is 12.3. The van der Waals surface area contributed by atoms with Crippen LogP contribution in [0.15, 0.2) is 12.4 Å². The van der Waals surface area contributed by atoms with E-state index in [-0.39, 0.29) is 17.7 Å². The van der Waals surface area contributed by atoms with Crippen molar-refractivity contribution >= 4 is 11.7 Å². The molecule has 3 aliphatic heterocycles. The number of carbonyl (C=O) groups is 1. The number of hydrogen-bond donors (Lipinski definition) is 0. The van der Waals surface area contributed by atoms with Crippen LogP contribution in [0.4, 0.5) is 5.82 Å². The Morgan fingerprint density at radius 1 is 1.28 bits per heavy atom. The van der Waals surface area contributed by atoms with Crippen molar-refractivity contribution in [2.75, 3.05) is 51.5 Å². The van der Waals surface area contributed by atoms with Gasteiger partial charge in [0, 0.05) is 31.6 Å². The van der Waals surface area contributed by atoms with Gasteiger partial charge in [-0.2, -0.15) is 0 Å². The molecule has 0 aromatic carbocycles. The summed E-state index contributed by atoms with van der Waals surface area (Å²) >= 11 is 0. The van der Waals surface area contributed by atoms with Crippen LogP contribution in [0.25, 0.3) is 0 Å². The summed E-state index contributed by atoms with van der Waals surface area (Å²) in [5.74, 6) is 1.88. The van der Waals surface area contributed by atoms with Crippen LogP contribution in [0.5, 0.6) is 5.88 Å². The van der Waals surface area contributed by atoms with E-state index in [4.69, 9.17) is 14.3 Å². The summed E-state index contributed by atoms with van der Waals surface area (Å²) in [6.07, 6.45) is 3.53. The van der Waals surface area contributed by atoms with E-state index in [2.05, 4.69) is 14.9 Å². The van der Waals surface area contributed by atoms with E-state index in [1.807, 2.05) is 6.07 Å². The maximum absolute atomic E-state index is 12.9. The van der Waals surface area contributed by atoms with Crippen molar-refractivity contribution in [3.63, 3.8) is 0 Å². The highest BCUT2D eigenvalue weighted by atomic mass is 16.7. The number of ether oxygens (including phenoxy) is 2. The Morgan fingerprint density at radius 3 is 3.00 bits per heavy atom. The topological polar surface area (TPSA) is 77.0 Å². The number of hydrogen-bond acceptors (Lipinski definition) is 7.